The van der Waals surface area contributed by atoms with E-state index in [2.05, 4.69) is 77.8 Å². The van der Waals surface area contributed by atoms with Crippen LogP contribution in [0.15, 0.2) is 101 Å². The Morgan fingerprint density at radius 3 is 1.70 bits per heavy atom. The van der Waals surface area contributed by atoms with E-state index >= 15 is 0 Å². The molecule has 10 aromatic rings. The molecule has 0 spiro atoms. The molecule has 1 atom stereocenters. The fraction of sp³-hybridized carbons (Fsp3) is 0.443. The Morgan fingerprint density at radius 2 is 1.10 bits per heavy atom. The molecule has 0 aliphatic heterocycles. The summed E-state index contributed by atoms with van der Waals surface area (Å²) >= 11 is 0. The first-order valence-corrected chi connectivity index (χ1v) is 38.9. The van der Waals surface area contributed by atoms with E-state index in [0.717, 1.165) is 40.9 Å². The summed E-state index contributed by atoms with van der Waals surface area (Å²) in [6, 6.07) is 12.1. The van der Waals surface area contributed by atoms with Crippen LogP contribution in [0.3, 0.4) is 0 Å². The van der Waals surface area contributed by atoms with E-state index < -0.39 is 47.4 Å². The lowest BCUT2D eigenvalue weighted by Crippen LogP contribution is -2.33. The van der Waals surface area contributed by atoms with Crippen molar-refractivity contribution in [3.63, 3.8) is 0 Å². The van der Waals surface area contributed by atoms with Gasteiger partial charge in [-0.3, -0.25) is 62.3 Å². The Kier molecular flexibility index (Phi) is 32.3. The minimum atomic E-state index is -0.648. The van der Waals surface area contributed by atoms with Gasteiger partial charge in [-0.25, -0.2) is 19.7 Å². The normalized spacial score (nSPS) is 11.6. The predicted molar refractivity (Wildman–Crippen MR) is 438 cm³/mol. The topological polar surface area (TPSA) is 463 Å². The molecule has 0 saturated carbocycles. The first kappa shape index (κ1) is 88.6. The van der Waals surface area contributed by atoms with Gasteiger partial charge in [-0.15, -0.1) is 0 Å². The SMILES string of the molecule is COc1cc2c(cc1-c1c(C)noc1C)ncc1c2n([C@H](C)c2ccccn2)c(=O)n1CCOCCOCCOCCOCCOCCC(=O)NCCCN(C)CCCNC(=O)CCNC(=O)c1nc(NC(=O)CCNC(=O)c2cc(NC(=O)c3nc(NC(=O)CCC(=O)Nc4cc(NC(=O)c5nccn5C)cn4C)cn3C)cn2C)cn1C. The number of anilines is 5. The zero-order valence-electron chi connectivity index (χ0n) is 68.4. The van der Waals surface area contributed by atoms with Crippen LogP contribution in [0.5, 0.6) is 5.75 Å². The van der Waals surface area contributed by atoms with Gasteiger partial charge in [0.15, 0.2) is 17.5 Å². The minimum absolute atomic E-state index is 0.00511. The molecule has 9 amide bonds. The highest BCUT2D eigenvalue weighted by Gasteiger charge is 2.27. The lowest BCUT2D eigenvalue weighted by Gasteiger charge is -2.16. The second kappa shape index (κ2) is 43.4. The van der Waals surface area contributed by atoms with Gasteiger partial charge in [-0.1, -0.05) is 11.2 Å². The maximum atomic E-state index is 14.3. The average molecular weight is 1650 g/mol. The number of carbonyl (C=O) groups excluding carboxylic acids is 9. The number of rotatable bonds is 48. The van der Waals surface area contributed by atoms with Crippen molar-refractivity contribution in [1.82, 2.24) is 88.2 Å². The second-order valence-electron chi connectivity index (χ2n) is 28.0. The van der Waals surface area contributed by atoms with Crippen molar-refractivity contribution in [3.8, 4) is 16.9 Å². The summed E-state index contributed by atoms with van der Waals surface area (Å²) in [4.78, 5) is 154. The van der Waals surface area contributed by atoms with Crippen molar-refractivity contribution in [2.45, 2.75) is 78.3 Å². The molecule has 636 valence electrons. The third-order valence-electron chi connectivity index (χ3n) is 19.0. The number of fused-ring (bicyclic) bond motifs is 3. The number of hydrogen-bond donors (Lipinski definition) is 9. The van der Waals surface area contributed by atoms with Crippen molar-refractivity contribution < 1.29 is 76.1 Å². The molecular formula is C79H103N23O17. The Balaban J connectivity index is 0.500. The van der Waals surface area contributed by atoms with Crippen molar-refractivity contribution in [3.05, 3.63) is 143 Å². The lowest BCUT2D eigenvalue weighted by atomic mass is 10.00. The maximum absolute atomic E-state index is 14.3. The summed E-state index contributed by atoms with van der Waals surface area (Å²) < 4.78 is 50.7. The predicted octanol–water partition coefficient (Wildman–Crippen LogP) is 4.37. The summed E-state index contributed by atoms with van der Waals surface area (Å²) in [7, 11) is 11.7. The molecule has 9 heterocycles. The molecule has 10 rings (SSSR count). The molecule has 40 nitrogen and oxygen atoms in total. The zero-order valence-corrected chi connectivity index (χ0v) is 68.4. The molecule has 0 bridgehead atoms. The third-order valence-corrected chi connectivity index (χ3v) is 19.0. The molecule has 1 aromatic carbocycles. The number of pyridine rings is 2. The number of carbonyl (C=O) groups is 9. The van der Waals surface area contributed by atoms with Gasteiger partial charge in [-0.05, 0) is 84.1 Å². The molecule has 9 aromatic heterocycles. The number of nitrogens with one attached hydrogen (secondary N) is 9. The smallest absolute Gasteiger partial charge is 0.329 e. The number of benzene rings is 1. The zero-order chi connectivity index (χ0) is 85.1. The number of hydrogen-bond acceptors (Lipinski definition) is 24. The van der Waals surface area contributed by atoms with E-state index in [1.54, 1.807) is 91.5 Å². The van der Waals surface area contributed by atoms with Crippen molar-refractivity contribution in [2.75, 3.05) is 146 Å². The van der Waals surface area contributed by atoms with E-state index in [1.165, 1.54) is 44.6 Å². The number of aryl methyl sites for hydroxylation is 7. The first-order valence-electron chi connectivity index (χ1n) is 38.9. The van der Waals surface area contributed by atoms with E-state index in [9.17, 15) is 47.9 Å². The van der Waals surface area contributed by atoms with Crippen LogP contribution in [0.2, 0.25) is 0 Å². The standard InChI is InChI=1S/C79H103N23O17/c1-50-70(52(3)119-94-50)56-43-58-55(44-61(56)113-10)71-60(45-86-58)101(79(112)102(71)51(2)57-15-11-12-21-80-57)30-32-115-34-36-117-38-40-118-39-37-116-35-33-114-31-20-66(104)82-23-14-28-95(4)27-13-22-81-65(103)18-24-85-76(109)73-91-63(48-99(73)8)90-69(107)19-25-84-75(108)59-41-53(46-97(59)6)87-78(111)74-92-62(49-100(74)9)89-67(105)16-17-68(106)93-64-42-54(47-98(64)7)88-77(110)72-83-26-29-96(72)5/h11-12,15,21,26,29,41-49,51H,13-14,16-20,22-25,27-28,30-40H2,1-10H3,(H,81,103)(H,82,104)(H,84,108)(H,85,109)(H,87,111)(H,88,110)(H,89,105)(H,90,107)(H,93,106)/t51-/m1/s1. The summed E-state index contributed by atoms with van der Waals surface area (Å²) in [6.45, 7) is 11.6. The molecule has 0 radical (unpaired) electrons. The van der Waals surface area contributed by atoms with Gasteiger partial charge >= 0.3 is 5.69 Å². The molecule has 0 unspecified atom stereocenters. The molecule has 0 aliphatic rings. The van der Waals surface area contributed by atoms with E-state index in [4.69, 9.17) is 37.9 Å². The van der Waals surface area contributed by atoms with Crippen LogP contribution in [-0.2, 0) is 89.4 Å². The van der Waals surface area contributed by atoms with E-state index in [1.807, 2.05) is 58.2 Å². The molecule has 119 heavy (non-hydrogen) atoms. The van der Waals surface area contributed by atoms with Crippen molar-refractivity contribution in [1.29, 1.82) is 0 Å². The van der Waals surface area contributed by atoms with Gasteiger partial charge < -0.3 is 109 Å². The van der Waals surface area contributed by atoms with Crippen LogP contribution in [0.25, 0.3) is 33.1 Å². The van der Waals surface area contributed by atoms with Crippen LogP contribution in [0.1, 0.15) is 117 Å². The van der Waals surface area contributed by atoms with E-state index in [0.29, 0.717) is 118 Å². The number of methoxy groups -OCH3 is 1. The molecule has 0 saturated heterocycles. The molecule has 0 fully saturated rings. The average Bonchev–Trinajstić information content (AvgIpc) is 1.59. The quantitative estimate of drug-likeness (QED) is 0.0239. The van der Waals surface area contributed by atoms with E-state index in [-0.39, 0.29) is 123 Å². The van der Waals surface area contributed by atoms with Gasteiger partial charge in [0.1, 0.15) is 23.0 Å². The largest absolute Gasteiger partial charge is 0.496 e. The Labute approximate surface area is 684 Å². The molecule has 40 heteroatoms. The first-order chi connectivity index (χ1) is 57.3. The van der Waals surface area contributed by atoms with Gasteiger partial charge in [0, 0.05) is 154 Å². The van der Waals surface area contributed by atoms with Crippen molar-refractivity contribution >= 4 is 104 Å². The summed E-state index contributed by atoms with van der Waals surface area (Å²) in [5.74, 6) is -2.08. The Morgan fingerprint density at radius 1 is 0.538 bits per heavy atom. The van der Waals surface area contributed by atoms with Gasteiger partial charge in [-0.2, -0.15) is 0 Å². The number of nitrogens with zero attached hydrogens (tertiary/aromatic N) is 14. The minimum Gasteiger partial charge on any atom is -0.496 e. The van der Waals surface area contributed by atoms with Crippen LogP contribution in [-0.4, -0.2) is 240 Å². The Bertz CT molecular complexity index is 5220. The maximum Gasteiger partial charge on any atom is 0.329 e. The summed E-state index contributed by atoms with van der Waals surface area (Å²) in [6.07, 6.45) is 13.7. The monoisotopic (exact) mass is 1650 g/mol. The summed E-state index contributed by atoms with van der Waals surface area (Å²) in [5, 5.41) is 29.3. The van der Waals surface area contributed by atoms with Crippen LogP contribution < -0.4 is 58.3 Å². The summed E-state index contributed by atoms with van der Waals surface area (Å²) in [5.41, 5.74) is 5.75. The van der Waals surface area contributed by atoms with Gasteiger partial charge in [0.25, 0.3) is 23.6 Å². The second-order valence-corrected chi connectivity index (χ2v) is 28.0. The number of imidazole rings is 4. The molecule has 0 aliphatic carbocycles. The van der Waals surface area contributed by atoms with Gasteiger partial charge in [0.2, 0.25) is 41.2 Å². The van der Waals surface area contributed by atoms with Crippen LogP contribution in [0.4, 0.5) is 28.8 Å². The van der Waals surface area contributed by atoms with Crippen molar-refractivity contribution in [2.24, 2.45) is 35.2 Å². The fourth-order valence-corrected chi connectivity index (χ4v) is 12.9. The number of ether oxygens (including phenoxy) is 6. The highest BCUT2D eigenvalue weighted by molar-refractivity contribution is 6.07. The van der Waals surface area contributed by atoms with Crippen LogP contribution in [0, 0.1) is 13.8 Å². The lowest BCUT2D eigenvalue weighted by molar-refractivity contribution is -0.122. The van der Waals surface area contributed by atoms with Crippen LogP contribution >= 0.6 is 0 Å². The highest BCUT2D eigenvalue weighted by atomic mass is 16.6. The fourth-order valence-electron chi connectivity index (χ4n) is 12.9. The highest BCUT2D eigenvalue weighted by Crippen LogP contribution is 2.40. The number of aromatic nitrogens is 13. The molecular weight excluding hydrogens is 1540 g/mol. The Hall–Kier alpha value is -12.8. The molecule has 9 N–H and O–H groups in total. The number of amides is 9. The van der Waals surface area contributed by atoms with Gasteiger partial charge in [0.05, 0.1) is 137 Å². The third kappa shape index (κ3) is 24.9.